The normalized spacial score (nSPS) is 26.7. The molecule has 1 fully saturated rings. The Kier molecular flexibility index (Phi) is 7.72. The highest BCUT2D eigenvalue weighted by atomic mass is 35.5. The van der Waals surface area contributed by atoms with Crippen LogP contribution in [-0.4, -0.2) is 29.7 Å². The van der Waals surface area contributed by atoms with Gasteiger partial charge in [0.2, 0.25) is 5.91 Å². The van der Waals surface area contributed by atoms with Gasteiger partial charge >= 0.3 is 0 Å². The molecular weight excluding hydrogens is 228 g/mol. The first-order chi connectivity index (χ1) is 7.15. The second-order valence-corrected chi connectivity index (χ2v) is 4.37. The van der Waals surface area contributed by atoms with Crippen LogP contribution in [0, 0.1) is 5.92 Å². The summed E-state index contributed by atoms with van der Waals surface area (Å²) in [6.07, 6.45) is 4.51. The van der Waals surface area contributed by atoms with Crippen LogP contribution in [0.3, 0.4) is 0 Å². The molecule has 2 unspecified atom stereocenters. The minimum Gasteiger partial charge on any atom is -0.393 e. The van der Waals surface area contributed by atoms with Gasteiger partial charge in [0.05, 0.1) is 12.1 Å². The monoisotopic (exact) mass is 250 g/mol. The molecule has 1 rings (SSSR count). The van der Waals surface area contributed by atoms with Crippen molar-refractivity contribution in [1.29, 1.82) is 0 Å². The summed E-state index contributed by atoms with van der Waals surface area (Å²) >= 11 is 0. The van der Waals surface area contributed by atoms with Gasteiger partial charge in [0.15, 0.2) is 0 Å². The third-order valence-corrected chi connectivity index (χ3v) is 3.18. The molecule has 0 bridgehead atoms. The molecule has 1 aliphatic carbocycles. The van der Waals surface area contributed by atoms with Gasteiger partial charge in [-0.25, -0.2) is 0 Å². The van der Waals surface area contributed by atoms with Crippen molar-refractivity contribution in [2.75, 3.05) is 6.54 Å². The fourth-order valence-electron chi connectivity index (χ4n) is 1.97. The molecule has 0 radical (unpaired) electrons. The van der Waals surface area contributed by atoms with E-state index in [-0.39, 0.29) is 30.3 Å². The number of carbonyl (C=O) groups is 1. The second-order valence-electron chi connectivity index (χ2n) is 4.37. The van der Waals surface area contributed by atoms with Crippen LogP contribution in [0.1, 0.15) is 39.0 Å². The highest BCUT2D eigenvalue weighted by molar-refractivity contribution is 5.85. The molecule has 0 spiro atoms. The van der Waals surface area contributed by atoms with Crippen LogP contribution in [0.2, 0.25) is 0 Å². The molecular formula is C11H23ClN2O2. The fourth-order valence-corrected chi connectivity index (χ4v) is 1.97. The van der Waals surface area contributed by atoms with Crippen LogP contribution in [0.4, 0.5) is 0 Å². The molecule has 0 heterocycles. The van der Waals surface area contributed by atoms with Crippen molar-refractivity contribution in [3.05, 3.63) is 0 Å². The lowest BCUT2D eigenvalue weighted by atomic mass is 9.86. The highest BCUT2D eigenvalue weighted by Gasteiger charge is 2.23. The van der Waals surface area contributed by atoms with Crippen LogP contribution in [0.25, 0.3) is 0 Å². The molecule has 1 amide bonds. The maximum absolute atomic E-state index is 11.4. The van der Waals surface area contributed by atoms with Gasteiger partial charge in [-0.15, -0.1) is 12.4 Å². The molecule has 4 N–H and O–H groups in total. The van der Waals surface area contributed by atoms with Gasteiger partial charge in [0, 0.05) is 12.5 Å². The molecule has 0 aromatic heterocycles. The summed E-state index contributed by atoms with van der Waals surface area (Å²) in [5.41, 5.74) is 5.59. The first-order valence-corrected chi connectivity index (χ1v) is 5.86. The predicted octanol–water partition coefficient (Wildman–Crippen LogP) is 0.813. The molecule has 1 saturated carbocycles. The molecule has 3 atom stereocenters. The standard InChI is InChI=1S/C11H22N2O2.ClH/c1-2-9(12)11(15)13-7-8-5-3-4-6-10(8)14;/h8-10,14H,2-7,12H2,1H3,(H,13,15);1H/t8?,9-,10?;/m0./s1. The van der Waals surface area contributed by atoms with E-state index in [1.165, 1.54) is 0 Å². The van der Waals surface area contributed by atoms with Crippen molar-refractivity contribution >= 4 is 18.3 Å². The topological polar surface area (TPSA) is 75.4 Å². The number of halogens is 1. The Morgan fingerprint density at radius 1 is 1.50 bits per heavy atom. The van der Waals surface area contributed by atoms with E-state index < -0.39 is 6.04 Å². The Morgan fingerprint density at radius 3 is 2.69 bits per heavy atom. The van der Waals surface area contributed by atoms with E-state index in [4.69, 9.17) is 5.73 Å². The maximum Gasteiger partial charge on any atom is 0.236 e. The lowest BCUT2D eigenvalue weighted by molar-refractivity contribution is -0.122. The summed E-state index contributed by atoms with van der Waals surface area (Å²) in [4.78, 5) is 11.4. The minimum atomic E-state index is -0.411. The van der Waals surface area contributed by atoms with Gasteiger partial charge in [0.25, 0.3) is 0 Å². The van der Waals surface area contributed by atoms with Gasteiger partial charge < -0.3 is 16.2 Å². The van der Waals surface area contributed by atoms with E-state index in [9.17, 15) is 9.90 Å². The van der Waals surface area contributed by atoms with E-state index in [1.807, 2.05) is 6.92 Å². The number of amides is 1. The second kappa shape index (κ2) is 7.87. The van der Waals surface area contributed by atoms with Gasteiger partial charge in [-0.2, -0.15) is 0 Å². The quantitative estimate of drug-likeness (QED) is 0.691. The van der Waals surface area contributed by atoms with Gasteiger partial charge in [0.1, 0.15) is 0 Å². The first kappa shape index (κ1) is 15.7. The summed E-state index contributed by atoms with van der Waals surface area (Å²) in [7, 11) is 0. The Labute approximate surface area is 103 Å². The number of aliphatic hydroxyl groups is 1. The van der Waals surface area contributed by atoms with E-state index >= 15 is 0 Å². The first-order valence-electron chi connectivity index (χ1n) is 5.86. The number of rotatable bonds is 4. The van der Waals surface area contributed by atoms with E-state index in [2.05, 4.69) is 5.32 Å². The van der Waals surface area contributed by atoms with Crippen LogP contribution in [0.15, 0.2) is 0 Å². The van der Waals surface area contributed by atoms with Crippen molar-refractivity contribution in [3.63, 3.8) is 0 Å². The predicted molar refractivity (Wildman–Crippen MR) is 66.5 cm³/mol. The molecule has 0 aromatic carbocycles. The number of nitrogens with one attached hydrogen (secondary N) is 1. The largest absolute Gasteiger partial charge is 0.393 e. The molecule has 5 heteroatoms. The lowest BCUT2D eigenvalue weighted by Crippen LogP contribution is -2.44. The number of hydrogen-bond donors (Lipinski definition) is 3. The number of aliphatic hydroxyl groups excluding tert-OH is 1. The van der Waals surface area contributed by atoms with E-state index in [1.54, 1.807) is 0 Å². The summed E-state index contributed by atoms with van der Waals surface area (Å²) < 4.78 is 0. The summed E-state index contributed by atoms with van der Waals surface area (Å²) in [6, 6.07) is -0.411. The molecule has 4 nitrogen and oxygen atoms in total. The summed E-state index contributed by atoms with van der Waals surface area (Å²) in [5.74, 6) is 0.113. The van der Waals surface area contributed by atoms with E-state index in [0.29, 0.717) is 13.0 Å². The van der Waals surface area contributed by atoms with Crippen LogP contribution >= 0.6 is 12.4 Å². The molecule has 1 aliphatic rings. The Morgan fingerprint density at radius 2 is 2.12 bits per heavy atom. The number of carbonyl (C=O) groups excluding carboxylic acids is 1. The van der Waals surface area contributed by atoms with Gasteiger partial charge in [-0.3, -0.25) is 4.79 Å². The van der Waals surface area contributed by atoms with Crippen molar-refractivity contribution in [2.24, 2.45) is 11.7 Å². The molecule has 0 aromatic rings. The third-order valence-electron chi connectivity index (χ3n) is 3.18. The summed E-state index contributed by atoms with van der Waals surface area (Å²) in [6.45, 7) is 2.45. The average molecular weight is 251 g/mol. The van der Waals surface area contributed by atoms with Crippen molar-refractivity contribution in [1.82, 2.24) is 5.32 Å². The molecule has 0 saturated heterocycles. The van der Waals surface area contributed by atoms with Gasteiger partial charge in [-0.1, -0.05) is 19.8 Å². The van der Waals surface area contributed by atoms with Crippen LogP contribution < -0.4 is 11.1 Å². The highest BCUT2D eigenvalue weighted by Crippen LogP contribution is 2.23. The third kappa shape index (κ3) is 4.68. The number of hydrogen-bond acceptors (Lipinski definition) is 3. The van der Waals surface area contributed by atoms with Crippen molar-refractivity contribution in [3.8, 4) is 0 Å². The SMILES string of the molecule is CC[C@H](N)C(=O)NCC1CCCCC1O.Cl. The fraction of sp³-hybridized carbons (Fsp3) is 0.909. The zero-order valence-electron chi connectivity index (χ0n) is 9.82. The van der Waals surface area contributed by atoms with E-state index in [0.717, 1.165) is 25.7 Å². The number of nitrogens with two attached hydrogens (primary N) is 1. The van der Waals surface area contributed by atoms with Crippen LogP contribution in [0.5, 0.6) is 0 Å². The molecule has 16 heavy (non-hydrogen) atoms. The van der Waals surface area contributed by atoms with Crippen molar-refractivity contribution in [2.45, 2.75) is 51.2 Å². The zero-order valence-corrected chi connectivity index (χ0v) is 10.6. The minimum absolute atomic E-state index is 0. The molecule has 0 aliphatic heterocycles. The smallest absolute Gasteiger partial charge is 0.236 e. The molecule has 96 valence electrons. The van der Waals surface area contributed by atoms with Gasteiger partial charge in [-0.05, 0) is 19.3 Å². The Hall–Kier alpha value is -0.320. The average Bonchev–Trinajstić information content (AvgIpc) is 2.26. The Balaban J connectivity index is 0.00000225. The zero-order chi connectivity index (χ0) is 11.3. The van der Waals surface area contributed by atoms with Crippen LogP contribution in [-0.2, 0) is 4.79 Å². The van der Waals surface area contributed by atoms with Crippen molar-refractivity contribution < 1.29 is 9.90 Å². The maximum atomic E-state index is 11.4. The summed E-state index contributed by atoms with van der Waals surface area (Å²) in [5, 5.41) is 12.5. The lowest BCUT2D eigenvalue weighted by Gasteiger charge is -2.27. The Bertz CT molecular complexity index is 214.